The number of benzene rings is 3. The fourth-order valence-electron chi connectivity index (χ4n) is 3.91. The third-order valence-corrected chi connectivity index (χ3v) is 5.52. The molecule has 165 valence electrons. The molecule has 0 atom stereocenters. The molecule has 34 heavy (non-hydrogen) atoms. The van der Waals surface area contributed by atoms with Crippen molar-refractivity contribution in [2.24, 2.45) is 0 Å². The fourth-order valence-corrected chi connectivity index (χ4v) is 3.91. The third-order valence-electron chi connectivity index (χ3n) is 5.52. The summed E-state index contributed by atoms with van der Waals surface area (Å²) in [5.74, 6) is -1.68. The second kappa shape index (κ2) is 10.0. The molecule has 1 radical (unpaired) electrons. The second-order valence-corrected chi connectivity index (χ2v) is 7.49. The molecule has 0 bridgehead atoms. The van der Waals surface area contributed by atoms with E-state index in [9.17, 15) is 14.4 Å². The smallest absolute Gasteiger partial charge is 0.335 e. The van der Waals surface area contributed by atoms with Crippen LogP contribution >= 0.6 is 0 Å². The SMILES string of the molecule is O=C(O)c1ccc2c(c1)C(=O)c1ccccc1C2=O.[Eu].c1cnc2c(c1)ccc1cccnc12. The Bertz CT molecular complexity index is 1540. The summed E-state index contributed by atoms with van der Waals surface area (Å²) in [6, 6.07) is 22.7. The molecule has 0 spiro atoms. The second-order valence-electron chi connectivity index (χ2n) is 7.49. The van der Waals surface area contributed by atoms with E-state index in [1.54, 1.807) is 36.7 Å². The van der Waals surface area contributed by atoms with E-state index in [1.165, 1.54) is 18.2 Å². The maximum Gasteiger partial charge on any atom is 0.335 e. The number of aromatic nitrogens is 2. The number of carboxylic acid groups (broad SMARTS) is 1. The van der Waals surface area contributed by atoms with Crippen molar-refractivity contribution in [2.75, 3.05) is 0 Å². The van der Waals surface area contributed by atoms with E-state index < -0.39 is 5.97 Å². The van der Waals surface area contributed by atoms with E-state index in [-0.39, 0.29) is 77.6 Å². The quantitative estimate of drug-likeness (QED) is 0.275. The average molecular weight is 584 g/mol. The molecule has 3 aromatic carbocycles. The Hall–Kier alpha value is -3.13. The summed E-state index contributed by atoms with van der Waals surface area (Å²) in [6.45, 7) is 0. The molecule has 2 heterocycles. The van der Waals surface area contributed by atoms with Gasteiger partial charge in [-0.15, -0.1) is 0 Å². The number of carboxylic acids is 1. The Balaban J connectivity index is 0.000000163. The first kappa shape index (κ1) is 24.0. The molecule has 7 heteroatoms. The summed E-state index contributed by atoms with van der Waals surface area (Å²) in [6.07, 6.45) is 3.60. The maximum absolute atomic E-state index is 12.3. The van der Waals surface area contributed by atoms with E-state index in [1.807, 2.05) is 12.1 Å². The van der Waals surface area contributed by atoms with Crippen LogP contribution in [-0.4, -0.2) is 32.6 Å². The van der Waals surface area contributed by atoms with E-state index in [4.69, 9.17) is 5.11 Å². The zero-order chi connectivity index (χ0) is 22.9. The topological polar surface area (TPSA) is 97.2 Å². The summed E-state index contributed by atoms with van der Waals surface area (Å²) in [5, 5.41) is 11.2. The fraction of sp³-hybridized carbons (Fsp3) is 0. The van der Waals surface area contributed by atoms with E-state index in [0.29, 0.717) is 11.1 Å². The van der Waals surface area contributed by atoms with Gasteiger partial charge in [0.05, 0.1) is 16.6 Å². The van der Waals surface area contributed by atoms with Crippen molar-refractivity contribution in [3.05, 3.63) is 119 Å². The van der Waals surface area contributed by atoms with Crippen LogP contribution in [-0.2, 0) is 0 Å². The number of pyridine rings is 2. The van der Waals surface area contributed by atoms with E-state index >= 15 is 0 Å². The van der Waals surface area contributed by atoms with Gasteiger partial charge in [-0.1, -0.05) is 48.5 Å². The number of nitrogens with zero attached hydrogens (tertiary/aromatic N) is 2. The van der Waals surface area contributed by atoms with Crippen LogP contribution in [0.25, 0.3) is 21.8 Å². The van der Waals surface area contributed by atoms with Crippen molar-refractivity contribution in [3.8, 4) is 0 Å². The zero-order valence-electron chi connectivity index (χ0n) is 17.6. The van der Waals surface area contributed by atoms with Crippen molar-refractivity contribution in [1.82, 2.24) is 9.97 Å². The molecule has 5 aromatic rings. The normalized spacial score (nSPS) is 11.6. The predicted octanol–water partition coefficient (Wildman–Crippen LogP) is 4.94. The van der Waals surface area contributed by atoms with E-state index in [0.717, 1.165) is 21.8 Å². The Labute approximate surface area is 235 Å². The molecule has 0 amide bonds. The molecule has 1 aliphatic carbocycles. The third kappa shape index (κ3) is 4.34. The molecular weight excluding hydrogens is 568 g/mol. The Kier molecular flexibility index (Phi) is 7.07. The van der Waals surface area contributed by atoms with Crippen molar-refractivity contribution in [3.63, 3.8) is 0 Å². The van der Waals surface area contributed by atoms with Gasteiger partial charge >= 0.3 is 5.97 Å². The minimum atomic E-state index is -1.12. The summed E-state index contributed by atoms with van der Waals surface area (Å²) < 4.78 is 0. The van der Waals surface area contributed by atoms with Gasteiger partial charge in [-0.3, -0.25) is 19.6 Å². The summed E-state index contributed by atoms with van der Waals surface area (Å²) in [7, 11) is 0. The molecule has 0 saturated carbocycles. The number of hydrogen-bond acceptors (Lipinski definition) is 5. The molecule has 6 nitrogen and oxygen atoms in total. The molecule has 0 fully saturated rings. The Morgan fingerprint density at radius 1 is 0.618 bits per heavy atom. The van der Waals surface area contributed by atoms with Crippen LogP contribution in [0, 0.1) is 49.4 Å². The zero-order valence-corrected chi connectivity index (χ0v) is 20.0. The van der Waals surface area contributed by atoms with Crippen molar-refractivity contribution >= 4 is 39.3 Å². The largest absolute Gasteiger partial charge is 0.478 e. The first-order chi connectivity index (χ1) is 16.0. The number of fused-ring (bicyclic) bond motifs is 5. The number of ketones is 2. The van der Waals surface area contributed by atoms with Gasteiger partial charge in [0.15, 0.2) is 11.6 Å². The first-order valence-corrected chi connectivity index (χ1v) is 10.2. The van der Waals surface area contributed by atoms with Crippen LogP contribution in [0.4, 0.5) is 0 Å². The van der Waals surface area contributed by atoms with Gasteiger partial charge in [-0.25, -0.2) is 4.79 Å². The monoisotopic (exact) mass is 585 g/mol. The van der Waals surface area contributed by atoms with Crippen molar-refractivity contribution < 1.29 is 68.9 Å². The summed E-state index contributed by atoms with van der Waals surface area (Å²) in [5.41, 5.74) is 3.05. The molecule has 1 aliphatic rings. The number of aromatic carboxylic acids is 1. The number of carbonyl (C=O) groups is 3. The van der Waals surface area contributed by atoms with Gasteiger partial charge in [-0.05, 0) is 30.3 Å². The van der Waals surface area contributed by atoms with Gasteiger partial charge in [0.1, 0.15) is 0 Å². The van der Waals surface area contributed by atoms with Crippen LogP contribution in [0.1, 0.15) is 42.2 Å². The summed E-state index contributed by atoms with van der Waals surface area (Å²) in [4.78, 5) is 44.1. The molecule has 6 rings (SSSR count). The standard InChI is InChI=1S/C15H8O4.C12H8N2.Eu/c16-13-9-3-1-2-4-10(9)14(17)12-7-8(15(18)19)5-6-11(12)13;1-3-9-5-6-10-4-2-8-14-12(10)11(9)13-7-1;/h1-7H,(H,18,19);1-8H;. The van der Waals surface area contributed by atoms with Crippen LogP contribution in [0.15, 0.2) is 91.3 Å². The van der Waals surface area contributed by atoms with E-state index in [2.05, 4.69) is 34.2 Å². The van der Waals surface area contributed by atoms with Crippen LogP contribution < -0.4 is 0 Å². The number of rotatable bonds is 1. The predicted molar refractivity (Wildman–Crippen MR) is 124 cm³/mol. The minimum absolute atomic E-state index is 0. The average Bonchev–Trinajstić information content (AvgIpc) is 2.87. The molecule has 1 N–H and O–H groups in total. The molecular formula is C27H16EuN2O4. The van der Waals surface area contributed by atoms with Gasteiger partial charge in [0.25, 0.3) is 0 Å². The Morgan fingerprint density at radius 3 is 1.65 bits per heavy atom. The molecule has 0 saturated heterocycles. The molecule has 2 aromatic heterocycles. The molecule has 0 aliphatic heterocycles. The molecule has 0 unspecified atom stereocenters. The summed E-state index contributed by atoms with van der Waals surface area (Å²) >= 11 is 0. The minimum Gasteiger partial charge on any atom is -0.478 e. The van der Waals surface area contributed by atoms with Crippen LogP contribution in [0.2, 0.25) is 0 Å². The first-order valence-electron chi connectivity index (χ1n) is 10.2. The maximum atomic E-state index is 12.3. The van der Waals surface area contributed by atoms with Crippen LogP contribution in [0.5, 0.6) is 0 Å². The van der Waals surface area contributed by atoms with Crippen LogP contribution in [0.3, 0.4) is 0 Å². The number of hydrogen-bond donors (Lipinski definition) is 1. The van der Waals surface area contributed by atoms with Gasteiger partial charge in [0, 0.05) is 94.8 Å². The van der Waals surface area contributed by atoms with Gasteiger partial charge in [0.2, 0.25) is 0 Å². The van der Waals surface area contributed by atoms with Crippen molar-refractivity contribution in [1.29, 1.82) is 0 Å². The van der Waals surface area contributed by atoms with Gasteiger partial charge < -0.3 is 5.11 Å². The van der Waals surface area contributed by atoms with Gasteiger partial charge in [-0.2, -0.15) is 0 Å². The number of carbonyl (C=O) groups excluding carboxylic acids is 2. The Morgan fingerprint density at radius 2 is 1.12 bits per heavy atom. The van der Waals surface area contributed by atoms with Crippen molar-refractivity contribution in [2.45, 2.75) is 0 Å².